The molecular formula is C25H28F2N8O3. The minimum absolute atomic E-state index is 0.0763. The molecule has 6 rings (SSSR count). The highest BCUT2D eigenvalue weighted by molar-refractivity contribution is 5.89. The van der Waals surface area contributed by atoms with Crippen molar-refractivity contribution in [1.82, 2.24) is 29.7 Å². The summed E-state index contributed by atoms with van der Waals surface area (Å²) in [6, 6.07) is 8.03. The maximum absolute atomic E-state index is 14.0. The van der Waals surface area contributed by atoms with Gasteiger partial charge in [-0.1, -0.05) is 12.1 Å². The van der Waals surface area contributed by atoms with E-state index in [1.165, 1.54) is 4.57 Å². The van der Waals surface area contributed by atoms with E-state index in [-0.39, 0.29) is 23.7 Å². The molecule has 38 heavy (non-hydrogen) atoms. The number of morpholine rings is 1. The van der Waals surface area contributed by atoms with E-state index >= 15 is 0 Å². The van der Waals surface area contributed by atoms with Gasteiger partial charge in [0, 0.05) is 38.7 Å². The van der Waals surface area contributed by atoms with Crippen molar-refractivity contribution < 1.29 is 23.1 Å². The number of nitrogens with one attached hydrogen (secondary N) is 2. The molecule has 5 heterocycles. The van der Waals surface area contributed by atoms with Gasteiger partial charge in [-0.05, 0) is 25.0 Å². The summed E-state index contributed by atoms with van der Waals surface area (Å²) in [7, 11) is 0. The Bertz CT molecular complexity index is 1350. The Morgan fingerprint density at radius 2 is 1.92 bits per heavy atom. The van der Waals surface area contributed by atoms with Crippen LogP contribution in [0.2, 0.25) is 0 Å². The number of ether oxygens (including phenoxy) is 1. The van der Waals surface area contributed by atoms with Crippen molar-refractivity contribution in [2.24, 2.45) is 0 Å². The summed E-state index contributed by atoms with van der Waals surface area (Å²) in [6.07, 6.45) is -1.00. The summed E-state index contributed by atoms with van der Waals surface area (Å²) in [5, 5.41) is 6.11. The average molecular weight is 527 g/mol. The molecule has 13 heteroatoms. The lowest BCUT2D eigenvalue weighted by molar-refractivity contribution is -0.141. The second kappa shape index (κ2) is 10.1. The van der Waals surface area contributed by atoms with Crippen LogP contribution < -0.4 is 15.5 Å². The Balaban J connectivity index is 1.27. The van der Waals surface area contributed by atoms with Crippen LogP contribution in [0.4, 0.5) is 20.5 Å². The van der Waals surface area contributed by atoms with Crippen LogP contribution in [-0.2, 0) is 14.3 Å². The Morgan fingerprint density at radius 3 is 2.68 bits per heavy atom. The van der Waals surface area contributed by atoms with E-state index in [1.807, 2.05) is 4.90 Å². The summed E-state index contributed by atoms with van der Waals surface area (Å²) < 4.78 is 34.9. The van der Waals surface area contributed by atoms with Crippen LogP contribution in [-0.4, -0.2) is 87.7 Å². The third-order valence-electron chi connectivity index (χ3n) is 7.08. The molecule has 1 atom stereocenters. The zero-order valence-corrected chi connectivity index (χ0v) is 20.6. The molecular weight excluding hydrogens is 498 g/mol. The largest absolute Gasteiger partial charge is 0.378 e. The SMILES string of the molecule is O=C1CCCC(C(=O)N2CC(Nc3cc(-n4c(C(F)F)nc5ccccc54)nc(N4CCOCC4)n3)C2)N1. The van der Waals surface area contributed by atoms with E-state index in [1.54, 1.807) is 35.2 Å². The molecule has 0 radical (unpaired) electrons. The van der Waals surface area contributed by atoms with E-state index in [0.717, 1.165) is 0 Å². The number of hydrogen-bond donors (Lipinski definition) is 2. The Hall–Kier alpha value is -3.87. The summed E-state index contributed by atoms with van der Waals surface area (Å²) in [4.78, 5) is 41.6. The zero-order valence-electron chi connectivity index (χ0n) is 20.6. The van der Waals surface area contributed by atoms with Gasteiger partial charge in [0.25, 0.3) is 6.43 Å². The summed E-state index contributed by atoms with van der Waals surface area (Å²) in [6.45, 7) is 3.09. The maximum Gasteiger partial charge on any atom is 0.296 e. The number of imidazole rings is 1. The Kier molecular flexibility index (Phi) is 6.52. The molecule has 3 aliphatic rings. The molecule has 3 aliphatic heterocycles. The lowest BCUT2D eigenvalue weighted by atomic mass is 10.0. The van der Waals surface area contributed by atoms with Gasteiger partial charge < -0.3 is 25.2 Å². The lowest BCUT2D eigenvalue weighted by Crippen LogP contribution is -2.62. The molecule has 2 N–H and O–H groups in total. The first-order valence-electron chi connectivity index (χ1n) is 12.8. The van der Waals surface area contributed by atoms with Crippen LogP contribution in [0.1, 0.15) is 31.5 Å². The topological polar surface area (TPSA) is 118 Å². The van der Waals surface area contributed by atoms with Crippen LogP contribution in [0.5, 0.6) is 0 Å². The standard InChI is InChI=1S/C25H28F2N8O3/c26-22(27)23-30-16-4-1-2-6-18(16)35(23)20-12-19(31-25(32-20)33-8-10-38-11-9-33)28-15-13-34(14-15)24(37)17-5-3-7-21(36)29-17/h1-2,4,6,12,15,17,22H,3,5,7-11,13-14H2,(H,29,36)(H,28,31,32). The van der Waals surface area contributed by atoms with Gasteiger partial charge in [0.05, 0.1) is 30.3 Å². The second-order valence-electron chi connectivity index (χ2n) is 9.70. The number of benzene rings is 1. The second-order valence-corrected chi connectivity index (χ2v) is 9.70. The molecule has 2 aromatic heterocycles. The van der Waals surface area contributed by atoms with E-state index in [4.69, 9.17) is 4.74 Å². The van der Waals surface area contributed by atoms with Crippen LogP contribution in [0, 0.1) is 0 Å². The van der Waals surface area contributed by atoms with E-state index in [9.17, 15) is 18.4 Å². The third-order valence-corrected chi connectivity index (χ3v) is 7.08. The van der Waals surface area contributed by atoms with Crippen molar-refractivity contribution in [1.29, 1.82) is 0 Å². The first-order valence-corrected chi connectivity index (χ1v) is 12.8. The van der Waals surface area contributed by atoms with E-state index in [0.29, 0.717) is 81.5 Å². The minimum Gasteiger partial charge on any atom is -0.378 e. The van der Waals surface area contributed by atoms with Crippen molar-refractivity contribution in [2.75, 3.05) is 49.6 Å². The van der Waals surface area contributed by atoms with Gasteiger partial charge in [-0.25, -0.2) is 13.8 Å². The van der Waals surface area contributed by atoms with Crippen molar-refractivity contribution in [2.45, 2.75) is 37.8 Å². The molecule has 200 valence electrons. The highest BCUT2D eigenvalue weighted by Gasteiger charge is 2.36. The number of anilines is 2. The molecule has 1 unspecified atom stereocenters. The van der Waals surface area contributed by atoms with Crippen LogP contribution in [0.15, 0.2) is 30.3 Å². The summed E-state index contributed by atoms with van der Waals surface area (Å²) >= 11 is 0. The predicted octanol–water partition coefficient (Wildman–Crippen LogP) is 1.88. The highest BCUT2D eigenvalue weighted by atomic mass is 19.3. The fourth-order valence-electron chi connectivity index (χ4n) is 5.12. The Labute approximate surface area is 217 Å². The van der Waals surface area contributed by atoms with Gasteiger partial charge in [-0.2, -0.15) is 9.97 Å². The Morgan fingerprint density at radius 1 is 1.13 bits per heavy atom. The number of carbonyl (C=O) groups is 2. The van der Waals surface area contributed by atoms with Crippen molar-refractivity contribution in [3.05, 3.63) is 36.2 Å². The molecule has 0 aliphatic carbocycles. The summed E-state index contributed by atoms with van der Waals surface area (Å²) in [5.74, 6) is 0.592. The third kappa shape index (κ3) is 4.73. The van der Waals surface area contributed by atoms with E-state index in [2.05, 4.69) is 25.6 Å². The quantitative estimate of drug-likeness (QED) is 0.500. The number of rotatable bonds is 6. The van der Waals surface area contributed by atoms with Crippen LogP contribution in [0.25, 0.3) is 16.9 Å². The van der Waals surface area contributed by atoms with Crippen molar-refractivity contribution in [3.8, 4) is 5.82 Å². The minimum atomic E-state index is -2.80. The number of nitrogens with zero attached hydrogens (tertiary/aromatic N) is 6. The zero-order chi connectivity index (χ0) is 26.2. The number of para-hydroxylation sites is 2. The fourth-order valence-corrected chi connectivity index (χ4v) is 5.12. The number of aromatic nitrogens is 4. The van der Waals surface area contributed by atoms with Gasteiger partial charge in [-0.15, -0.1) is 0 Å². The number of hydrogen-bond acceptors (Lipinski definition) is 8. The first-order chi connectivity index (χ1) is 18.5. The lowest BCUT2D eigenvalue weighted by Gasteiger charge is -2.42. The smallest absolute Gasteiger partial charge is 0.296 e. The molecule has 2 amide bonds. The normalized spacial score (nSPS) is 20.5. The molecule has 0 saturated carbocycles. The molecule has 3 fully saturated rings. The van der Waals surface area contributed by atoms with Gasteiger partial charge in [-0.3, -0.25) is 14.2 Å². The van der Waals surface area contributed by atoms with Gasteiger partial charge in [0.2, 0.25) is 17.8 Å². The number of piperidine rings is 1. The number of alkyl halides is 2. The number of carbonyl (C=O) groups excluding carboxylic acids is 2. The molecule has 3 aromatic rings. The molecule has 1 aromatic carbocycles. The fraction of sp³-hybridized carbons (Fsp3) is 0.480. The van der Waals surface area contributed by atoms with Gasteiger partial charge in [0.1, 0.15) is 17.7 Å². The van der Waals surface area contributed by atoms with Crippen molar-refractivity contribution in [3.63, 3.8) is 0 Å². The van der Waals surface area contributed by atoms with Crippen LogP contribution >= 0.6 is 0 Å². The molecule has 3 saturated heterocycles. The molecule has 11 nitrogen and oxygen atoms in total. The number of likely N-dealkylation sites (tertiary alicyclic amines) is 1. The monoisotopic (exact) mass is 526 g/mol. The number of amides is 2. The highest BCUT2D eigenvalue weighted by Crippen LogP contribution is 2.29. The number of halogens is 2. The predicted molar refractivity (Wildman–Crippen MR) is 134 cm³/mol. The maximum atomic E-state index is 14.0. The number of fused-ring (bicyclic) bond motifs is 1. The van der Waals surface area contributed by atoms with Gasteiger partial charge >= 0.3 is 0 Å². The van der Waals surface area contributed by atoms with Gasteiger partial charge in [0.15, 0.2) is 5.82 Å². The molecule has 0 bridgehead atoms. The molecule has 0 spiro atoms. The average Bonchev–Trinajstić information content (AvgIpc) is 3.31. The van der Waals surface area contributed by atoms with E-state index < -0.39 is 18.3 Å². The first kappa shape index (κ1) is 24.5. The van der Waals surface area contributed by atoms with Crippen molar-refractivity contribution >= 4 is 34.6 Å². The van der Waals surface area contributed by atoms with Crippen LogP contribution in [0.3, 0.4) is 0 Å². The summed E-state index contributed by atoms with van der Waals surface area (Å²) in [5.41, 5.74) is 0.974.